The maximum atomic E-state index is 12.4. The molecule has 0 heterocycles. The van der Waals surface area contributed by atoms with Crippen molar-refractivity contribution in [2.75, 3.05) is 48.4 Å². The number of nitrogens with one attached hydrogen (secondary N) is 2. The van der Waals surface area contributed by atoms with Crippen molar-refractivity contribution in [3.8, 4) is 5.75 Å². The summed E-state index contributed by atoms with van der Waals surface area (Å²) in [5.41, 5.74) is 1.11. The normalized spacial score (nSPS) is 13.8. The lowest BCUT2D eigenvalue weighted by atomic mass is 10.0. The summed E-state index contributed by atoms with van der Waals surface area (Å²) in [5, 5.41) is 6.14. The molecule has 6 nitrogen and oxygen atoms in total. The van der Waals surface area contributed by atoms with E-state index >= 15 is 0 Å². The second kappa shape index (κ2) is 11.0. The fourth-order valence-electron chi connectivity index (χ4n) is 3.06. The summed E-state index contributed by atoms with van der Waals surface area (Å²) in [4.78, 5) is 16.6. The van der Waals surface area contributed by atoms with Crippen LogP contribution in [0, 0.1) is 5.92 Å². The Bertz CT molecular complexity index is 536. The predicted octanol–water partition coefficient (Wildman–Crippen LogP) is 2.57. The van der Waals surface area contributed by atoms with Gasteiger partial charge in [0.2, 0.25) is 0 Å². The molecular formula is C20H36N4O2. The van der Waals surface area contributed by atoms with Crippen LogP contribution < -0.4 is 15.4 Å². The van der Waals surface area contributed by atoms with Crippen LogP contribution in [0.1, 0.15) is 31.9 Å². The minimum Gasteiger partial charge on any atom is -0.497 e. The fourth-order valence-corrected chi connectivity index (χ4v) is 3.06. The number of likely N-dealkylation sites (N-methyl/N-ethyl adjacent to an activating group) is 2. The molecule has 2 unspecified atom stereocenters. The van der Waals surface area contributed by atoms with E-state index < -0.39 is 0 Å². The topological polar surface area (TPSA) is 56.8 Å². The summed E-state index contributed by atoms with van der Waals surface area (Å²) in [6.45, 7) is 5.71. The van der Waals surface area contributed by atoms with Gasteiger partial charge < -0.3 is 25.2 Å². The number of nitrogens with zero attached hydrogens (tertiary/aromatic N) is 2. The molecule has 0 aliphatic heterocycles. The highest BCUT2D eigenvalue weighted by atomic mass is 16.5. The van der Waals surface area contributed by atoms with Crippen molar-refractivity contribution in [3.63, 3.8) is 0 Å². The van der Waals surface area contributed by atoms with E-state index in [1.54, 1.807) is 7.11 Å². The fraction of sp³-hybridized carbons (Fsp3) is 0.650. The lowest BCUT2D eigenvalue weighted by Crippen LogP contribution is -2.48. The van der Waals surface area contributed by atoms with Gasteiger partial charge in [0, 0.05) is 19.1 Å². The molecule has 0 bridgehead atoms. The molecule has 0 saturated carbocycles. The molecule has 6 heteroatoms. The zero-order valence-corrected chi connectivity index (χ0v) is 17.4. The maximum absolute atomic E-state index is 12.4. The van der Waals surface area contributed by atoms with Crippen molar-refractivity contribution in [2.45, 2.75) is 32.4 Å². The van der Waals surface area contributed by atoms with Gasteiger partial charge in [0.25, 0.3) is 0 Å². The summed E-state index contributed by atoms with van der Waals surface area (Å²) in [6, 6.07) is 8.06. The number of amides is 2. The molecule has 2 atom stereocenters. The third-order valence-corrected chi connectivity index (χ3v) is 4.23. The molecule has 0 saturated heterocycles. The highest BCUT2D eigenvalue weighted by molar-refractivity contribution is 5.74. The number of benzene rings is 1. The van der Waals surface area contributed by atoms with E-state index in [2.05, 4.69) is 40.3 Å². The molecule has 1 rings (SSSR count). The van der Waals surface area contributed by atoms with Crippen LogP contribution in [-0.2, 0) is 0 Å². The van der Waals surface area contributed by atoms with E-state index in [4.69, 9.17) is 4.74 Å². The van der Waals surface area contributed by atoms with Crippen molar-refractivity contribution < 1.29 is 9.53 Å². The third-order valence-electron chi connectivity index (χ3n) is 4.23. The minimum atomic E-state index is -0.118. The van der Waals surface area contributed by atoms with Gasteiger partial charge in [-0.3, -0.25) is 0 Å². The Labute approximate surface area is 158 Å². The molecule has 2 N–H and O–H groups in total. The third kappa shape index (κ3) is 8.06. The van der Waals surface area contributed by atoms with Crippen molar-refractivity contribution >= 4 is 6.03 Å². The Morgan fingerprint density at radius 1 is 1.19 bits per heavy atom. The number of ether oxygens (including phenoxy) is 1. The second-order valence-electron chi connectivity index (χ2n) is 7.70. The number of hydrogen-bond acceptors (Lipinski definition) is 4. The summed E-state index contributed by atoms with van der Waals surface area (Å²) in [6.07, 6.45) is 0.957. The molecule has 0 radical (unpaired) electrons. The average molecular weight is 365 g/mol. The predicted molar refractivity (Wildman–Crippen MR) is 108 cm³/mol. The summed E-state index contributed by atoms with van der Waals surface area (Å²) in [5.74, 6) is 1.35. The van der Waals surface area contributed by atoms with Gasteiger partial charge in [-0.1, -0.05) is 26.0 Å². The zero-order chi connectivity index (χ0) is 19.7. The SMILES string of the molecule is COc1cccc(C(CNC(=O)NC(CC(C)C)CN(C)C)N(C)C)c1. The van der Waals surface area contributed by atoms with Crippen LogP contribution >= 0.6 is 0 Å². The monoisotopic (exact) mass is 364 g/mol. The van der Waals surface area contributed by atoms with Crippen molar-refractivity contribution in [1.82, 2.24) is 20.4 Å². The molecule has 0 aliphatic carbocycles. The van der Waals surface area contributed by atoms with Gasteiger partial charge in [0.05, 0.1) is 13.2 Å². The Hall–Kier alpha value is -1.79. The van der Waals surface area contributed by atoms with Gasteiger partial charge in [0.1, 0.15) is 5.75 Å². The largest absolute Gasteiger partial charge is 0.497 e. The second-order valence-corrected chi connectivity index (χ2v) is 7.70. The van der Waals surface area contributed by atoms with Gasteiger partial charge in [-0.2, -0.15) is 0 Å². The summed E-state index contributed by atoms with van der Waals surface area (Å²) >= 11 is 0. The smallest absolute Gasteiger partial charge is 0.315 e. The number of urea groups is 1. The van der Waals surface area contributed by atoms with Crippen LogP contribution in [-0.4, -0.2) is 70.3 Å². The summed E-state index contributed by atoms with van der Waals surface area (Å²) < 4.78 is 5.31. The van der Waals surface area contributed by atoms with Crippen LogP contribution in [0.4, 0.5) is 4.79 Å². The highest BCUT2D eigenvalue weighted by Crippen LogP contribution is 2.22. The molecule has 2 amide bonds. The van der Waals surface area contributed by atoms with E-state index in [-0.39, 0.29) is 18.1 Å². The Morgan fingerprint density at radius 2 is 1.88 bits per heavy atom. The average Bonchev–Trinajstić information content (AvgIpc) is 2.53. The molecular weight excluding hydrogens is 328 g/mol. The van der Waals surface area contributed by atoms with Gasteiger partial charge in [-0.25, -0.2) is 4.79 Å². The van der Waals surface area contributed by atoms with Gasteiger partial charge in [0.15, 0.2) is 0 Å². The first kappa shape index (κ1) is 22.3. The van der Waals surface area contributed by atoms with E-state index in [0.29, 0.717) is 12.5 Å². The maximum Gasteiger partial charge on any atom is 0.315 e. The van der Waals surface area contributed by atoms with Crippen LogP contribution in [0.2, 0.25) is 0 Å². The molecule has 1 aromatic carbocycles. The Balaban J connectivity index is 2.68. The first-order valence-corrected chi connectivity index (χ1v) is 9.22. The Morgan fingerprint density at radius 3 is 2.42 bits per heavy atom. The number of methoxy groups -OCH3 is 1. The summed E-state index contributed by atoms with van der Waals surface area (Å²) in [7, 11) is 9.74. The first-order valence-electron chi connectivity index (χ1n) is 9.22. The van der Waals surface area contributed by atoms with Crippen LogP contribution in [0.5, 0.6) is 5.75 Å². The van der Waals surface area contributed by atoms with E-state index in [0.717, 1.165) is 24.3 Å². The number of rotatable bonds is 10. The molecule has 0 aromatic heterocycles. The quantitative estimate of drug-likeness (QED) is 0.670. The molecule has 0 spiro atoms. The van der Waals surface area contributed by atoms with Gasteiger partial charge in [-0.05, 0) is 58.2 Å². The van der Waals surface area contributed by atoms with Crippen molar-refractivity contribution in [2.24, 2.45) is 5.92 Å². The van der Waals surface area contributed by atoms with Gasteiger partial charge >= 0.3 is 6.03 Å². The van der Waals surface area contributed by atoms with Crippen LogP contribution in [0.25, 0.3) is 0 Å². The Kier molecular flexibility index (Phi) is 9.44. The first-order chi connectivity index (χ1) is 12.2. The molecule has 1 aromatic rings. The molecule has 26 heavy (non-hydrogen) atoms. The number of hydrogen-bond donors (Lipinski definition) is 2. The number of carbonyl (C=O) groups excluding carboxylic acids is 1. The molecule has 148 valence electrons. The zero-order valence-electron chi connectivity index (χ0n) is 17.4. The highest BCUT2D eigenvalue weighted by Gasteiger charge is 2.18. The number of carbonyl (C=O) groups is 1. The van der Waals surface area contributed by atoms with E-state index in [1.807, 2.05) is 46.4 Å². The lowest BCUT2D eigenvalue weighted by Gasteiger charge is -2.27. The molecule has 0 aliphatic rings. The van der Waals surface area contributed by atoms with Crippen LogP contribution in [0.3, 0.4) is 0 Å². The van der Waals surface area contributed by atoms with Crippen LogP contribution in [0.15, 0.2) is 24.3 Å². The van der Waals surface area contributed by atoms with Gasteiger partial charge in [-0.15, -0.1) is 0 Å². The van der Waals surface area contributed by atoms with Crippen molar-refractivity contribution in [3.05, 3.63) is 29.8 Å². The van der Waals surface area contributed by atoms with Crippen molar-refractivity contribution in [1.29, 1.82) is 0 Å². The lowest BCUT2D eigenvalue weighted by molar-refractivity contribution is 0.222. The minimum absolute atomic E-state index is 0.0771. The standard InChI is InChI=1S/C20H36N4O2/c1-15(2)11-17(14-23(3)4)22-20(25)21-13-19(24(5)6)16-9-8-10-18(12-16)26-7/h8-10,12,15,17,19H,11,13-14H2,1-7H3,(H2,21,22,25). The van der Waals surface area contributed by atoms with E-state index in [9.17, 15) is 4.79 Å². The molecule has 0 fully saturated rings. The van der Waals surface area contributed by atoms with E-state index in [1.165, 1.54) is 0 Å².